The smallest absolute Gasteiger partial charge is 0.326 e. The third-order valence-corrected chi connectivity index (χ3v) is 3.61. The first-order chi connectivity index (χ1) is 9.47. The van der Waals surface area contributed by atoms with Crippen molar-refractivity contribution in [1.82, 2.24) is 10.2 Å². The Morgan fingerprint density at radius 2 is 1.60 bits per heavy atom. The van der Waals surface area contributed by atoms with Crippen LogP contribution in [0, 0.1) is 5.92 Å². The highest BCUT2D eigenvalue weighted by Gasteiger charge is 2.27. The van der Waals surface area contributed by atoms with Crippen molar-refractivity contribution in [2.75, 3.05) is 13.1 Å². The van der Waals surface area contributed by atoms with Crippen molar-refractivity contribution < 1.29 is 14.7 Å². The minimum absolute atomic E-state index is 0.0735. The first-order valence-electron chi connectivity index (χ1n) is 7.76. The Balaban J connectivity index is 4.64. The number of hydrogen-bond acceptors (Lipinski definition) is 2. The molecule has 0 heterocycles. The molecule has 0 aliphatic rings. The molecular formula is C15H30N2O3. The molecule has 0 rings (SSSR count). The molecule has 2 atom stereocenters. The van der Waals surface area contributed by atoms with E-state index in [0.29, 0.717) is 13.1 Å². The third-order valence-electron chi connectivity index (χ3n) is 3.61. The van der Waals surface area contributed by atoms with Gasteiger partial charge in [0.15, 0.2) is 0 Å². The van der Waals surface area contributed by atoms with Gasteiger partial charge >= 0.3 is 12.0 Å². The first-order valence-corrected chi connectivity index (χ1v) is 7.76. The zero-order valence-corrected chi connectivity index (χ0v) is 13.3. The molecule has 0 aliphatic heterocycles. The Morgan fingerprint density at radius 3 is 1.95 bits per heavy atom. The normalized spacial score (nSPS) is 13.6. The molecule has 0 aliphatic carbocycles. The van der Waals surface area contributed by atoms with Gasteiger partial charge in [-0.1, -0.05) is 47.0 Å². The second-order valence-corrected chi connectivity index (χ2v) is 5.35. The van der Waals surface area contributed by atoms with Gasteiger partial charge in [-0.2, -0.15) is 0 Å². The summed E-state index contributed by atoms with van der Waals surface area (Å²) >= 11 is 0. The summed E-state index contributed by atoms with van der Waals surface area (Å²) in [7, 11) is 0. The van der Waals surface area contributed by atoms with E-state index in [-0.39, 0.29) is 11.9 Å². The molecule has 0 fully saturated rings. The second kappa shape index (κ2) is 10.5. The monoisotopic (exact) mass is 286 g/mol. The number of hydrogen-bond donors (Lipinski definition) is 2. The van der Waals surface area contributed by atoms with Gasteiger partial charge in [-0.05, 0) is 18.8 Å². The van der Waals surface area contributed by atoms with E-state index < -0.39 is 12.0 Å². The van der Waals surface area contributed by atoms with Gasteiger partial charge in [-0.15, -0.1) is 0 Å². The Morgan fingerprint density at radius 1 is 1.10 bits per heavy atom. The number of carboxylic acid groups (broad SMARTS) is 1. The van der Waals surface area contributed by atoms with Crippen LogP contribution in [-0.2, 0) is 4.79 Å². The molecule has 2 N–H and O–H groups in total. The van der Waals surface area contributed by atoms with Crippen molar-refractivity contribution in [3.8, 4) is 0 Å². The van der Waals surface area contributed by atoms with Crippen molar-refractivity contribution in [2.45, 2.75) is 65.8 Å². The van der Waals surface area contributed by atoms with E-state index in [9.17, 15) is 14.7 Å². The zero-order valence-electron chi connectivity index (χ0n) is 13.3. The van der Waals surface area contributed by atoms with Crippen LogP contribution >= 0.6 is 0 Å². The highest BCUT2D eigenvalue weighted by atomic mass is 16.4. The molecule has 118 valence electrons. The Bertz CT molecular complexity index is 287. The van der Waals surface area contributed by atoms with Crippen LogP contribution in [0.25, 0.3) is 0 Å². The number of nitrogens with zero attached hydrogens (tertiary/aromatic N) is 1. The summed E-state index contributed by atoms with van der Waals surface area (Å²) in [4.78, 5) is 25.2. The number of aliphatic carboxylic acids is 1. The summed E-state index contributed by atoms with van der Waals surface area (Å²) in [5.74, 6) is -1.03. The average molecular weight is 286 g/mol. The van der Waals surface area contributed by atoms with Gasteiger partial charge in [0.25, 0.3) is 0 Å². The van der Waals surface area contributed by atoms with Gasteiger partial charge in [-0.3, -0.25) is 0 Å². The fraction of sp³-hybridized carbons (Fsp3) is 0.867. The van der Waals surface area contributed by atoms with Crippen molar-refractivity contribution in [3.63, 3.8) is 0 Å². The van der Waals surface area contributed by atoms with Crippen LogP contribution in [-0.4, -0.2) is 41.1 Å². The summed E-state index contributed by atoms with van der Waals surface area (Å²) in [6.45, 7) is 9.31. The second-order valence-electron chi connectivity index (χ2n) is 5.35. The van der Waals surface area contributed by atoms with Gasteiger partial charge < -0.3 is 15.3 Å². The van der Waals surface area contributed by atoms with Gasteiger partial charge in [0, 0.05) is 13.1 Å². The number of unbranched alkanes of at least 4 members (excludes halogenated alkanes) is 2. The average Bonchev–Trinajstić information content (AvgIpc) is 2.43. The van der Waals surface area contributed by atoms with Crippen LogP contribution in [0.5, 0.6) is 0 Å². The molecule has 20 heavy (non-hydrogen) atoms. The van der Waals surface area contributed by atoms with Gasteiger partial charge in [0.1, 0.15) is 6.04 Å². The lowest BCUT2D eigenvalue weighted by Gasteiger charge is -2.27. The molecule has 5 nitrogen and oxygen atoms in total. The molecule has 0 saturated carbocycles. The number of nitrogens with one attached hydrogen (secondary N) is 1. The molecule has 0 radical (unpaired) electrons. The standard InChI is InChI=1S/C15H30N2O3/c1-5-8-10-17(11-9-6-2)15(20)16-13(14(18)19)12(4)7-3/h12-13H,5-11H2,1-4H3,(H,16,20)(H,18,19)/t12?,13-/m0/s1. The molecule has 0 saturated heterocycles. The SMILES string of the molecule is CCCCN(CCCC)C(=O)N[C@H](C(=O)O)C(C)CC. The molecule has 0 bridgehead atoms. The lowest BCUT2D eigenvalue weighted by molar-refractivity contribution is -0.140. The largest absolute Gasteiger partial charge is 0.480 e. The molecular weight excluding hydrogens is 256 g/mol. The van der Waals surface area contributed by atoms with E-state index in [0.717, 1.165) is 32.1 Å². The van der Waals surface area contributed by atoms with Crippen LogP contribution in [0.1, 0.15) is 59.8 Å². The van der Waals surface area contributed by atoms with Gasteiger partial charge in [-0.25, -0.2) is 9.59 Å². The number of amides is 2. The minimum atomic E-state index is -0.960. The molecule has 0 aromatic carbocycles. The summed E-state index contributed by atoms with van der Waals surface area (Å²) in [6.07, 6.45) is 4.64. The Hall–Kier alpha value is -1.26. The highest BCUT2D eigenvalue weighted by molar-refractivity contribution is 5.82. The lowest BCUT2D eigenvalue weighted by Crippen LogP contribution is -2.51. The molecule has 1 unspecified atom stereocenters. The predicted octanol–water partition coefficient (Wildman–Crippen LogP) is 3.10. The number of carbonyl (C=O) groups excluding carboxylic acids is 1. The quantitative estimate of drug-likeness (QED) is 0.648. The summed E-state index contributed by atoms with van der Waals surface area (Å²) in [6, 6.07) is -1.06. The van der Waals surface area contributed by atoms with Crippen molar-refractivity contribution in [3.05, 3.63) is 0 Å². The molecule has 2 amide bonds. The number of urea groups is 1. The maximum atomic E-state index is 12.2. The van der Waals surface area contributed by atoms with E-state index in [1.807, 2.05) is 13.8 Å². The van der Waals surface area contributed by atoms with E-state index >= 15 is 0 Å². The van der Waals surface area contributed by atoms with Gasteiger partial charge in [0.2, 0.25) is 0 Å². The molecule has 0 aromatic heterocycles. The molecule has 0 aromatic rings. The van der Waals surface area contributed by atoms with E-state index in [1.54, 1.807) is 4.90 Å². The van der Waals surface area contributed by atoms with E-state index in [1.165, 1.54) is 0 Å². The molecule has 5 heteroatoms. The first kappa shape index (κ1) is 18.7. The summed E-state index contributed by atoms with van der Waals surface area (Å²) < 4.78 is 0. The van der Waals surface area contributed by atoms with Crippen LogP contribution in [0.3, 0.4) is 0 Å². The number of carbonyl (C=O) groups is 2. The third kappa shape index (κ3) is 6.78. The Labute approximate surface area is 122 Å². The summed E-state index contributed by atoms with van der Waals surface area (Å²) in [5, 5.41) is 11.9. The predicted molar refractivity (Wildman–Crippen MR) is 80.8 cm³/mol. The fourth-order valence-corrected chi connectivity index (χ4v) is 1.92. The number of carboxylic acids is 1. The molecule has 0 spiro atoms. The lowest BCUT2D eigenvalue weighted by atomic mass is 9.99. The van der Waals surface area contributed by atoms with Crippen molar-refractivity contribution in [1.29, 1.82) is 0 Å². The van der Waals surface area contributed by atoms with E-state index in [4.69, 9.17) is 0 Å². The Kier molecular flexibility index (Phi) is 9.86. The van der Waals surface area contributed by atoms with Crippen LogP contribution in [0.4, 0.5) is 4.79 Å². The maximum absolute atomic E-state index is 12.2. The minimum Gasteiger partial charge on any atom is -0.480 e. The topological polar surface area (TPSA) is 69.6 Å². The van der Waals surface area contributed by atoms with Crippen molar-refractivity contribution in [2.24, 2.45) is 5.92 Å². The zero-order chi connectivity index (χ0) is 15.5. The highest BCUT2D eigenvalue weighted by Crippen LogP contribution is 2.09. The van der Waals surface area contributed by atoms with Crippen LogP contribution < -0.4 is 5.32 Å². The van der Waals surface area contributed by atoms with Crippen LogP contribution in [0.2, 0.25) is 0 Å². The fourth-order valence-electron chi connectivity index (χ4n) is 1.92. The summed E-state index contributed by atoms with van der Waals surface area (Å²) in [5.41, 5.74) is 0. The van der Waals surface area contributed by atoms with E-state index in [2.05, 4.69) is 19.2 Å². The van der Waals surface area contributed by atoms with Gasteiger partial charge in [0.05, 0.1) is 0 Å². The van der Waals surface area contributed by atoms with Crippen molar-refractivity contribution >= 4 is 12.0 Å². The number of rotatable bonds is 10. The van der Waals surface area contributed by atoms with Crippen LogP contribution in [0.15, 0.2) is 0 Å². The maximum Gasteiger partial charge on any atom is 0.326 e.